The number of nitrogens with two attached hydrogens (primary N) is 1. The summed E-state index contributed by atoms with van der Waals surface area (Å²) in [5, 5.41) is 20.0. The Hall–Kier alpha value is -3.00. The van der Waals surface area contributed by atoms with Crippen LogP contribution in [0.4, 0.5) is 5.13 Å². The standard InChI is InChI=1S/C14H15N7O5S2/c1-26-20-7(6-4-28-14(15)18-6)10(22)19-8-11(23)21-9(13(24)25)5(2-17-16)3-27-12(8)21/h4,8,12,16H,2-3H2,1H3,(H2,15,18)(H,19,22)(H,24,25)/t8?,12-/m0/s1. The first-order valence-electron chi connectivity index (χ1n) is 7.75. The van der Waals surface area contributed by atoms with Gasteiger partial charge in [0.1, 0.15) is 29.9 Å². The molecule has 2 amide bonds. The van der Waals surface area contributed by atoms with Crippen molar-refractivity contribution in [1.29, 1.82) is 5.53 Å². The second kappa shape index (κ2) is 7.93. The molecule has 3 heterocycles. The lowest BCUT2D eigenvalue weighted by atomic mass is 10.0. The van der Waals surface area contributed by atoms with Gasteiger partial charge >= 0.3 is 5.97 Å². The smallest absolute Gasteiger partial charge is 0.352 e. The minimum atomic E-state index is -1.28. The highest BCUT2D eigenvalue weighted by Crippen LogP contribution is 2.40. The molecule has 1 fully saturated rings. The highest BCUT2D eigenvalue weighted by Gasteiger charge is 2.54. The number of carbonyl (C=O) groups excluding carboxylic acids is 2. The first-order valence-corrected chi connectivity index (χ1v) is 9.68. The average molecular weight is 425 g/mol. The average Bonchev–Trinajstić information content (AvgIpc) is 3.09. The van der Waals surface area contributed by atoms with E-state index in [0.717, 1.165) is 16.2 Å². The Bertz CT molecular complexity index is 912. The maximum absolute atomic E-state index is 12.6. The molecule has 1 saturated heterocycles. The van der Waals surface area contributed by atoms with Crippen LogP contribution < -0.4 is 11.1 Å². The summed E-state index contributed by atoms with van der Waals surface area (Å²) >= 11 is 2.40. The van der Waals surface area contributed by atoms with Gasteiger partial charge in [0.15, 0.2) is 10.8 Å². The van der Waals surface area contributed by atoms with E-state index in [1.165, 1.54) is 24.3 Å². The van der Waals surface area contributed by atoms with Crippen LogP contribution in [0.25, 0.3) is 0 Å². The molecule has 3 rings (SSSR count). The van der Waals surface area contributed by atoms with Crippen molar-refractivity contribution in [2.75, 3.05) is 25.1 Å². The van der Waals surface area contributed by atoms with E-state index >= 15 is 0 Å². The number of amides is 2. The van der Waals surface area contributed by atoms with E-state index in [1.807, 2.05) is 0 Å². The zero-order valence-electron chi connectivity index (χ0n) is 14.4. The summed E-state index contributed by atoms with van der Waals surface area (Å²) in [6.07, 6.45) is 0. The number of thiazole rings is 1. The van der Waals surface area contributed by atoms with Crippen LogP contribution in [0.3, 0.4) is 0 Å². The van der Waals surface area contributed by atoms with Gasteiger partial charge in [0.25, 0.3) is 11.8 Å². The number of hydrogen-bond donors (Lipinski definition) is 4. The van der Waals surface area contributed by atoms with Crippen LogP contribution in [-0.4, -0.2) is 69.3 Å². The van der Waals surface area contributed by atoms with E-state index < -0.39 is 29.2 Å². The number of rotatable bonds is 7. The van der Waals surface area contributed by atoms with Gasteiger partial charge in [-0.05, 0) is 5.57 Å². The highest BCUT2D eigenvalue weighted by molar-refractivity contribution is 8.00. The molecule has 5 N–H and O–H groups in total. The lowest BCUT2D eigenvalue weighted by Crippen LogP contribution is -2.71. The van der Waals surface area contributed by atoms with Gasteiger partial charge in [-0.2, -0.15) is 5.11 Å². The zero-order chi connectivity index (χ0) is 20.4. The number of carboxylic acids is 1. The van der Waals surface area contributed by atoms with Crippen molar-refractivity contribution >= 4 is 51.7 Å². The maximum Gasteiger partial charge on any atom is 0.352 e. The monoisotopic (exact) mass is 425 g/mol. The molecular formula is C14H15N7O5S2. The van der Waals surface area contributed by atoms with Crippen LogP contribution in [0, 0.1) is 5.53 Å². The van der Waals surface area contributed by atoms with Crippen molar-refractivity contribution in [3.05, 3.63) is 22.3 Å². The summed E-state index contributed by atoms with van der Waals surface area (Å²) in [5.74, 6) is -2.26. The molecule has 0 bridgehead atoms. The Morgan fingerprint density at radius 2 is 2.32 bits per heavy atom. The Morgan fingerprint density at radius 3 is 2.89 bits per heavy atom. The number of carboxylic acid groups (broad SMARTS) is 1. The molecule has 12 nitrogen and oxygen atoms in total. The minimum absolute atomic E-state index is 0.0992. The van der Waals surface area contributed by atoms with Gasteiger partial charge in [-0.1, -0.05) is 5.16 Å². The largest absolute Gasteiger partial charge is 0.477 e. The van der Waals surface area contributed by atoms with Crippen molar-refractivity contribution in [3.63, 3.8) is 0 Å². The molecule has 1 unspecified atom stereocenters. The van der Waals surface area contributed by atoms with Crippen LogP contribution in [-0.2, 0) is 19.2 Å². The summed E-state index contributed by atoms with van der Waals surface area (Å²) in [7, 11) is 1.26. The van der Waals surface area contributed by atoms with Gasteiger partial charge in [-0.3, -0.25) is 14.5 Å². The lowest BCUT2D eigenvalue weighted by molar-refractivity contribution is -0.150. The van der Waals surface area contributed by atoms with Gasteiger partial charge in [0.2, 0.25) is 0 Å². The van der Waals surface area contributed by atoms with Crippen LogP contribution in [0.5, 0.6) is 0 Å². The van der Waals surface area contributed by atoms with Gasteiger partial charge in [0, 0.05) is 11.1 Å². The van der Waals surface area contributed by atoms with Gasteiger partial charge in [-0.15, -0.1) is 23.1 Å². The number of nitrogens with zero attached hydrogens (tertiary/aromatic N) is 4. The number of aliphatic carboxylic acids is 1. The molecular weight excluding hydrogens is 410 g/mol. The van der Waals surface area contributed by atoms with E-state index in [2.05, 4.69) is 25.4 Å². The van der Waals surface area contributed by atoms with Crippen molar-refractivity contribution < 1.29 is 24.3 Å². The molecule has 2 aliphatic rings. The number of anilines is 1. The minimum Gasteiger partial charge on any atom is -0.477 e. The first kappa shape index (κ1) is 19.8. The Balaban J connectivity index is 1.79. The third-order valence-electron chi connectivity index (χ3n) is 3.97. The summed E-state index contributed by atoms with van der Waals surface area (Å²) in [5.41, 5.74) is 12.8. The molecule has 14 heteroatoms. The number of nitrogen functional groups attached to an aromatic ring is 1. The highest BCUT2D eigenvalue weighted by atomic mass is 32.2. The molecule has 0 radical (unpaired) electrons. The molecule has 0 aliphatic carbocycles. The van der Waals surface area contributed by atoms with E-state index in [-0.39, 0.29) is 34.5 Å². The maximum atomic E-state index is 12.6. The van der Waals surface area contributed by atoms with Crippen LogP contribution in [0.15, 0.2) is 26.9 Å². The molecule has 2 atom stereocenters. The Labute approximate surface area is 166 Å². The van der Waals surface area contributed by atoms with Gasteiger partial charge in [-0.25, -0.2) is 15.3 Å². The fourth-order valence-corrected chi connectivity index (χ4v) is 4.69. The second-order valence-corrected chi connectivity index (χ2v) is 7.62. The molecule has 0 saturated carbocycles. The summed E-state index contributed by atoms with van der Waals surface area (Å²) in [4.78, 5) is 46.5. The number of oxime groups is 1. The van der Waals surface area contributed by atoms with Gasteiger partial charge < -0.3 is 21.0 Å². The molecule has 1 aromatic heterocycles. The van der Waals surface area contributed by atoms with E-state index in [0.29, 0.717) is 5.57 Å². The molecule has 28 heavy (non-hydrogen) atoms. The topological polar surface area (TPSA) is 183 Å². The lowest BCUT2D eigenvalue weighted by Gasteiger charge is -2.49. The number of thioether (sulfide) groups is 1. The summed E-state index contributed by atoms with van der Waals surface area (Å²) < 4.78 is 0. The predicted octanol–water partition coefficient (Wildman–Crippen LogP) is -0.155. The first-order chi connectivity index (χ1) is 13.4. The molecule has 2 aliphatic heterocycles. The van der Waals surface area contributed by atoms with Crippen molar-refractivity contribution in [3.8, 4) is 0 Å². The molecule has 0 spiro atoms. The van der Waals surface area contributed by atoms with Gasteiger partial charge in [0.05, 0.1) is 6.54 Å². The fraction of sp³-hybridized carbons (Fsp3) is 0.357. The summed E-state index contributed by atoms with van der Waals surface area (Å²) in [6.45, 7) is -0.0992. The Morgan fingerprint density at radius 1 is 1.57 bits per heavy atom. The fourth-order valence-electron chi connectivity index (χ4n) is 2.80. The molecule has 148 valence electrons. The number of aromatic nitrogens is 1. The Kier molecular flexibility index (Phi) is 5.60. The number of β-lactam (4-membered cyclic amide) rings is 1. The van der Waals surface area contributed by atoms with E-state index in [1.54, 1.807) is 0 Å². The second-order valence-electron chi connectivity index (χ2n) is 5.63. The normalized spacial score (nSPS) is 21.7. The third kappa shape index (κ3) is 3.43. The number of carbonyl (C=O) groups is 3. The van der Waals surface area contributed by atoms with Crippen molar-refractivity contribution in [2.45, 2.75) is 11.4 Å². The van der Waals surface area contributed by atoms with Crippen LogP contribution in [0.2, 0.25) is 0 Å². The molecule has 0 aromatic carbocycles. The van der Waals surface area contributed by atoms with Crippen molar-refractivity contribution in [1.82, 2.24) is 15.2 Å². The van der Waals surface area contributed by atoms with E-state index in [9.17, 15) is 19.5 Å². The summed E-state index contributed by atoms with van der Waals surface area (Å²) in [6, 6.07) is -0.931. The SMILES string of the molecule is CON=C(C(=O)NC1C(=O)N2C(C(=O)O)=C(CN=N)CS[C@@H]12)c1csc(N)n1. The van der Waals surface area contributed by atoms with Crippen LogP contribution >= 0.6 is 23.1 Å². The van der Waals surface area contributed by atoms with Crippen LogP contribution in [0.1, 0.15) is 5.69 Å². The third-order valence-corrected chi connectivity index (χ3v) is 5.98. The quantitative estimate of drug-likeness (QED) is 0.201. The number of nitrogens with one attached hydrogen (secondary N) is 2. The zero-order valence-corrected chi connectivity index (χ0v) is 16.0. The van der Waals surface area contributed by atoms with E-state index in [4.69, 9.17) is 11.3 Å². The number of fused-ring (bicyclic) bond motifs is 1. The predicted molar refractivity (Wildman–Crippen MR) is 99.8 cm³/mol. The molecule has 1 aromatic rings. The number of hydrogen-bond acceptors (Lipinski definition) is 11. The van der Waals surface area contributed by atoms with Crippen molar-refractivity contribution in [2.24, 2.45) is 10.3 Å².